The van der Waals surface area contributed by atoms with Crippen LogP contribution < -0.4 is 5.32 Å². The van der Waals surface area contributed by atoms with Gasteiger partial charge < -0.3 is 15.2 Å². The van der Waals surface area contributed by atoms with E-state index in [9.17, 15) is 4.79 Å². The third kappa shape index (κ3) is 2.77. The van der Waals surface area contributed by atoms with Gasteiger partial charge in [-0.3, -0.25) is 9.20 Å². The van der Waals surface area contributed by atoms with E-state index in [4.69, 9.17) is 4.98 Å². The standard InChI is InChI=1S/C21H23N5OS/c1-22-21-24-19(20-26(21)10-11-28-20)17-8-4-5-9-25(17)18(27)12-14-13-23-16-7-3-2-6-15(14)16/h2-3,6-7,10-11,13,17,23H,4-5,8-9,12H2,1H3,(H,22,24). The Morgan fingerprint density at radius 2 is 2.25 bits per heavy atom. The first-order chi connectivity index (χ1) is 13.8. The molecule has 1 saturated heterocycles. The van der Waals surface area contributed by atoms with Crippen molar-refractivity contribution in [2.24, 2.45) is 0 Å². The van der Waals surface area contributed by atoms with Crippen LogP contribution in [0.5, 0.6) is 0 Å². The molecule has 3 aromatic heterocycles. The van der Waals surface area contributed by atoms with Crippen LogP contribution in [0.15, 0.2) is 42.0 Å². The van der Waals surface area contributed by atoms with Gasteiger partial charge in [0, 0.05) is 42.3 Å². The van der Waals surface area contributed by atoms with Crippen LogP contribution in [0, 0.1) is 0 Å². The van der Waals surface area contributed by atoms with Gasteiger partial charge in [0.05, 0.1) is 12.5 Å². The Kier molecular flexibility index (Phi) is 4.31. The molecule has 1 atom stereocenters. The van der Waals surface area contributed by atoms with Crippen molar-refractivity contribution in [1.29, 1.82) is 0 Å². The van der Waals surface area contributed by atoms with Gasteiger partial charge in [-0.05, 0) is 30.9 Å². The van der Waals surface area contributed by atoms with Gasteiger partial charge in [-0.2, -0.15) is 0 Å². The minimum absolute atomic E-state index is 0.0437. The molecule has 4 heterocycles. The number of imidazole rings is 1. The van der Waals surface area contributed by atoms with Crippen LogP contribution in [0.3, 0.4) is 0 Å². The smallest absolute Gasteiger partial charge is 0.227 e. The first kappa shape index (κ1) is 17.3. The van der Waals surface area contributed by atoms with E-state index >= 15 is 0 Å². The van der Waals surface area contributed by atoms with E-state index in [-0.39, 0.29) is 11.9 Å². The number of nitrogens with zero attached hydrogens (tertiary/aromatic N) is 3. The number of aromatic amines is 1. The Hall–Kier alpha value is -2.80. The average Bonchev–Trinajstić information content (AvgIpc) is 3.43. The lowest BCUT2D eigenvalue weighted by Gasteiger charge is -2.35. The van der Waals surface area contributed by atoms with Gasteiger partial charge in [0.15, 0.2) is 0 Å². The molecule has 7 heteroatoms. The maximum absolute atomic E-state index is 13.3. The highest BCUT2D eigenvalue weighted by atomic mass is 32.1. The van der Waals surface area contributed by atoms with E-state index in [1.54, 1.807) is 11.3 Å². The van der Waals surface area contributed by atoms with Crippen LogP contribution in [0.2, 0.25) is 0 Å². The van der Waals surface area contributed by atoms with Gasteiger partial charge in [-0.15, -0.1) is 11.3 Å². The Bertz CT molecular complexity index is 1140. The van der Waals surface area contributed by atoms with Crippen molar-refractivity contribution in [3.8, 4) is 0 Å². The summed E-state index contributed by atoms with van der Waals surface area (Å²) < 4.78 is 2.08. The van der Waals surface area contributed by atoms with Crippen molar-refractivity contribution in [2.45, 2.75) is 31.7 Å². The number of likely N-dealkylation sites (tertiary alicyclic amines) is 1. The molecule has 4 aromatic rings. The topological polar surface area (TPSA) is 65.4 Å². The summed E-state index contributed by atoms with van der Waals surface area (Å²) in [5.41, 5.74) is 3.16. The molecule has 1 amide bonds. The van der Waals surface area contributed by atoms with Crippen LogP contribution in [-0.2, 0) is 11.2 Å². The summed E-state index contributed by atoms with van der Waals surface area (Å²) in [7, 11) is 1.89. The highest BCUT2D eigenvalue weighted by Gasteiger charge is 2.32. The van der Waals surface area contributed by atoms with E-state index < -0.39 is 0 Å². The Labute approximate surface area is 167 Å². The number of para-hydroxylation sites is 1. The monoisotopic (exact) mass is 393 g/mol. The molecular formula is C21H23N5OS. The second-order valence-corrected chi connectivity index (χ2v) is 8.18. The number of carbonyl (C=O) groups excluding carboxylic acids is 1. The van der Waals surface area contributed by atoms with Crippen LogP contribution in [0.25, 0.3) is 15.7 Å². The number of fused-ring (bicyclic) bond motifs is 2. The van der Waals surface area contributed by atoms with E-state index in [0.29, 0.717) is 6.42 Å². The number of hydrogen-bond acceptors (Lipinski definition) is 4. The number of thiazole rings is 1. The van der Waals surface area contributed by atoms with Crippen molar-refractivity contribution in [2.75, 3.05) is 18.9 Å². The molecule has 1 fully saturated rings. The fraction of sp³-hybridized carbons (Fsp3) is 0.333. The highest BCUT2D eigenvalue weighted by Crippen LogP contribution is 2.36. The first-order valence-electron chi connectivity index (χ1n) is 9.74. The molecule has 0 radical (unpaired) electrons. The maximum atomic E-state index is 13.3. The summed E-state index contributed by atoms with van der Waals surface area (Å²) in [5, 5.41) is 6.37. The minimum Gasteiger partial charge on any atom is -0.361 e. The van der Waals surface area contributed by atoms with Crippen LogP contribution in [0.1, 0.15) is 36.6 Å². The molecule has 1 aliphatic heterocycles. The number of benzene rings is 1. The zero-order chi connectivity index (χ0) is 19.1. The summed E-state index contributed by atoms with van der Waals surface area (Å²) in [6.45, 7) is 0.797. The molecule has 5 rings (SSSR count). The number of amides is 1. The molecule has 1 unspecified atom stereocenters. The molecule has 6 nitrogen and oxygen atoms in total. The van der Waals surface area contributed by atoms with Gasteiger partial charge in [-0.1, -0.05) is 18.2 Å². The SMILES string of the molecule is CNc1nc(C2CCCCN2C(=O)Cc2c[nH]c3ccccc23)c2sccn12. The lowest BCUT2D eigenvalue weighted by Crippen LogP contribution is -2.39. The van der Waals surface area contributed by atoms with Crippen molar-refractivity contribution < 1.29 is 4.79 Å². The molecule has 0 bridgehead atoms. The fourth-order valence-electron chi connectivity index (χ4n) is 4.30. The van der Waals surface area contributed by atoms with Crippen molar-refractivity contribution in [3.05, 3.63) is 53.3 Å². The highest BCUT2D eigenvalue weighted by molar-refractivity contribution is 7.15. The first-order valence-corrected chi connectivity index (χ1v) is 10.6. The third-order valence-corrected chi connectivity index (χ3v) is 6.55. The summed E-state index contributed by atoms with van der Waals surface area (Å²) >= 11 is 1.68. The zero-order valence-electron chi connectivity index (χ0n) is 15.8. The zero-order valence-corrected chi connectivity index (χ0v) is 16.6. The molecule has 0 spiro atoms. The van der Waals surface area contributed by atoms with Crippen LogP contribution >= 0.6 is 11.3 Å². The van der Waals surface area contributed by atoms with E-state index in [0.717, 1.165) is 58.7 Å². The Morgan fingerprint density at radius 3 is 3.14 bits per heavy atom. The molecule has 28 heavy (non-hydrogen) atoms. The fourth-order valence-corrected chi connectivity index (χ4v) is 5.17. The summed E-state index contributed by atoms with van der Waals surface area (Å²) in [6.07, 6.45) is 7.56. The molecule has 144 valence electrons. The summed E-state index contributed by atoms with van der Waals surface area (Å²) in [4.78, 5) is 24.6. The van der Waals surface area contributed by atoms with Crippen LogP contribution in [-0.4, -0.2) is 38.8 Å². The largest absolute Gasteiger partial charge is 0.361 e. The molecular weight excluding hydrogens is 370 g/mol. The predicted molar refractivity (Wildman–Crippen MR) is 113 cm³/mol. The molecule has 2 N–H and O–H groups in total. The van der Waals surface area contributed by atoms with Crippen molar-refractivity contribution in [3.63, 3.8) is 0 Å². The van der Waals surface area contributed by atoms with Gasteiger partial charge >= 0.3 is 0 Å². The maximum Gasteiger partial charge on any atom is 0.227 e. The lowest BCUT2D eigenvalue weighted by atomic mass is 9.98. The number of H-pyrrole nitrogens is 1. The summed E-state index contributed by atoms with van der Waals surface area (Å²) in [5.74, 6) is 1.01. The number of nitrogens with one attached hydrogen (secondary N) is 2. The molecule has 1 aromatic carbocycles. The van der Waals surface area contributed by atoms with E-state index in [2.05, 4.69) is 26.1 Å². The number of piperidine rings is 1. The lowest BCUT2D eigenvalue weighted by molar-refractivity contribution is -0.134. The molecule has 0 aliphatic carbocycles. The predicted octanol–water partition coefficient (Wildman–Crippen LogP) is 4.22. The number of hydrogen-bond donors (Lipinski definition) is 2. The van der Waals surface area contributed by atoms with Crippen molar-refractivity contribution in [1.82, 2.24) is 19.3 Å². The number of aromatic nitrogens is 3. The van der Waals surface area contributed by atoms with Gasteiger partial charge in [-0.25, -0.2) is 4.98 Å². The second kappa shape index (κ2) is 6.98. The number of carbonyl (C=O) groups is 1. The quantitative estimate of drug-likeness (QED) is 0.546. The Balaban J connectivity index is 1.47. The van der Waals surface area contributed by atoms with Gasteiger partial charge in [0.2, 0.25) is 11.9 Å². The summed E-state index contributed by atoms with van der Waals surface area (Å²) in [6, 6.07) is 8.19. The third-order valence-electron chi connectivity index (χ3n) is 5.66. The van der Waals surface area contributed by atoms with Crippen molar-refractivity contribution >= 4 is 38.9 Å². The minimum atomic E-state index is 0.0437. The Morgan fingerprint density at radius 1 is 1.36 bits per heavy atom. The van der Waals surface area contributed by atoms with Gasteiger partial charge in [0.25, 0.3) is 0 Å². The second-order valence-electron chi connectivity index (χ2n) is 7.28. The van der Waals surface area contributed by atoms with E-state index in [1.807, 2.05) is 42.5 Å². The number of anilines is 1. The molecule has 0 saturated carbocycles. The number of rotatable bonds is 4. The molecule has 1 aliphatic rings. The average molecular weight is 394 g/mol. The van der Waals surface area contributed by atoms with E-state index in [1.165, 1.54) is 0 Å². The normalized spacial score (nSPS) is 17.5. The van der Waals surface area contributed by atoms with Crippen LogP contribution in [0.4, 0.5) is 5.95 Å². The van der Waals surface area contributed by atoms with Gasteiger partial charge in [0.1, 0.15) is 10.5 Å².